The standard InChI is InChI=1S/C14H16N2OS/c1-10(17)11-2-3-14(15-8-11)16-6-4-13-12(9-16)5-7-18-13/h2-3,5,7-8,10,17H,4,6,9H2,1H3/t10-/m1/s1. The summed E-state index contributed by atoms with van der Waals surface area (Å²) in [6.45, 7) is 3.73. The third-order valence-electron chi connectivity index (χ3n) is 3.38. The number of aliphatic hydroxyl groups is 1. The predicted octanol–water partition coefficient (Wildman–Crippen LogP) is 2.76. The fraction of sp³-hybridized carbons (Fsp3) is 0.357. The lowest BCUT2D eigenvalue weighted by Gasteiger charge is -2.28. The molecule has 0 bridgehead atoms. The number of aromatic nitrogens is 1. The number of hydrogen-bond donors (Lipinski definition) is 1. The Morgan fingerprint density at radius 1 is 1.39 bits per heavy atom. The zero-order chi connectivity index (χ0) is 12.5. The maximum atomic E-state index is 9.48. The lowest BCUT2D eigenvalue weighted by atomic mass is 10.1. The van der Waals surface area contributed by atoms with E-state index in [4.69, 9.17) is 0 Å². The fourth-order valence-corrected chi connectivity index (χ4v) is 3.17. The van der Waals surface area contributed by atoms with Gasteiger partial charge in [-0.1, -0.05) is 6.07 Å². The average molecular weight is 260 g/mol. The van der Waals surface area contributed by atoms with Crippen molar-refractivity contribution in [1.29, 1.82) is 0 Å². The third-order valence-corrected chi connectivity index (χ3v) is 4.41. The minimum Gasteiger partial charge on any atom is -0.389 e. The van der Waals surface area contributed by atoms with Gasteiger partial charge in [0.25, 0.3) is 0 Å². The molecule has 3 nitrogen and oxygen atoms in total. The van der Waals surface area contributed by atoms with Crippen LogP contribution in [0.5, 0.6) is 0 Å². The van der Waals surface area contributed by atoms with E-state index >= 15 is 0 Å². The number of thiophene rings is 1. The summed E-state index contributed by atoms with van der Waals surface area (Å²) in [5.41, 5.74) is 2.29. The minimum absolute atomic E-state index is 0.448. The van der Waals surface area contributed by atoms with Crippen molar-refractivity contribution >= 4 is 17.2 Å². The molecule has 0 saturated heterocycles. The van der Waals surface area contributed by atoms with Gasteiger partial charge in [0.05, 0.1) is 6.10 Å². The van der Waals surface area contributed by atoms with Crippen molar-refractivity contribution in [2.45, 2.75) is 26.0 Å². The molecule has 1 aliphatic heterocycles. The van der Waals surface area contributed by atoms with Crippen LogP contribution in [0.25, 0.3) is 0 Å². The molecule has 18 heavy (non-hydrogen) atoms. The van der Waals surface area contributed by atoms with Gasteiger partial charge in [-0.05, 0) is 42.0 Å². The largest absolute Gasteiger partial charge is 0.389 e. The molecule has 1 N–H and O–H groups in total. The number of hydrogen-bond acceptors (Lipinski definition) is 4. The van der Waals surface area contributed by atoms with E-state index in [0.717, 1.165) is 30.9 Å². The zero-order valence-electron chi connectivity index (χ0n) is 10.3. The Bertz CT molecular complexity index is 533. The Labute approximate surface area is 111 Å². The van der Waals surface area contributed by atoms with Crippen molar-refractivity contribution in [2.75, 3.05) is 11.4 Å². The average Bonchev–Trinajstić information content (AvgIpc) is 2.86. The summed E-state index contributed by atoms with van der Waals surface area (Å²) in [5, 5.41) is 11.6. The molecule has 0 aromatic carbocycles. The Morgan fingerprint density at radius 2 is 2.28 bits per heavy atom. The molecule has 4 heteroatoms. The number of fused-ring (bicyclic) bond motifs is 1. The van der Waals surface area contributed by atoms with Crippen LogP contribution in [0.4, 0.5) is 5.82 Å². The van der Waals surface area contributed by atoms with Crippen LogP contribution in [0.15, 0.2) is 29.8 Å². The second-order valence-corrected chi connectivity index (χ2v) is 5.67. The lowest BCUT2D eigenvalue weighted by molar-refractivity contribution is 0.199. The zero-order valence-corrected chi connectivity index (χ0v) is 11.2. The normalized spacial score (nSPS) is 16.4. The Balaban J connectivity index is 1.80. The highest BCUT2D eigenvalue weighted by Crippen LogP contribution is 2.27. The highest BCUT2D eigenvalue weighted by atomic mass is 32.1. The van der Waals surface area contributed by atoms with Crippen molar-refractivity contribution in [3.63, 3.8) is 0 Å². The van der Waals surface area contributed by atoms with Crippen molar-refractivity contribution in [3.8, 4) is 0 Å². The maximum absolute atomic E-state index is 9.48. The van der Waals surface area contributed by atoms with Crippen LogP contribution in [0.2, 0.25) is 0 Å². The molecule has 0 radical (unpaired) electrons. The number of nitrogens with zero attached hydrogens (tertiary/aromatic N) is 2. The van der Waals surface area contributed by atoms with Crippen LogP contribution in [-0.2, 0) is 13.0 Å². The molecule has 3 rings (SSSR count). The summed E-state index contributed by atoms with van der Waals surface area (Å²) < 4.78 is 0. The summed E-state index contributed by atoms with van der Waals surface area (Å²) >= 11 is 1.85. The van der Waals surface area contributed by atoms with Crippen molar-refractivity contribution in [3.05, 3.63) is 45.8 Å². The van der Waals surface area contributed by atoms with Crippen molar-refractivity contribution in [2.24, 2.45) is 0 Å². The quantitative estimate of drug-likeness (QED) is 0.902. The summed E-state index contributed by atoms with van der Waals surface area (Å²) in [6, 6.07) is 6.16. The van der Waals surface area contributed by atoms with E-state index in [2.05, 4.69) is 21.3 Å². The summed E-state index contributed by atoms with van der Waals surface area (Å²) in [7, 11) is 0. The van der Waals surface area contributed by atoms with E-state index < -0.39 is 6.10 Å². The monoisotopic (exact) mass is 260 g/mol. The summed E-state index contributed by atoms with van der Waals surface area (Å²) in [4.78, 5) is 8.25. The van der Waals surface area contributed by atoms with Crippen LogP contribution >= 0.6 is 11.3 Å². The molecular weight excluding hydrogens is 244 g/mol. The van der Waals surface area contributed by atoms with E-state index in [-0.39, 0.29) is 0 Å². The van der Waals surface area contributed by atoms with Gasteiger partial charge in [0.2, 0.25) is 0 Å². The van der Waals surface area contributed by atoms with Gasteiger partial charge in [0, 0.05) is 24.2 Å². The second-order valence-electron chi connectivity index (χ2n) is 4.67. The van der Waals surface area contributed by atoms with Crippen LogP contribution in [0.1, 0.15) is 29.0 Å². The first-order valence-electron chi connectivity index (χ1n) is 6.18. The Hall–Kier alpha value is -1.39. The highest BCUT2D eigenvalue weighted by molar-refractivity contribution is 7.10. The van der Waals surface area contributed by atoms with Crippen molar-refractivity contribution in [1.82, 2.24) is 4.98 Å². The van der Waals surface area contributed by atoms with Gasteiger partial charge < -0.3 is 10.0 Å². The molecule has 0 unspecified atom stereocenters. The first-order chi connectivity index (χ1) is 8.74. The van der Waals surface area contributed by atoms with Gasteiger partial charge in [0.15, 0.2) is 0 Å². The number of aliphatic hydroxyl groups excluding tert-OH is 1. The molecule has 0 spiro atoms. The Morgan fingerprint density at radius 3 is 3.00 bits per heavy atom. The van der Waals surface area contributed by atoms with Gasteiger partial charge >= 0.3 is 0 Å². The Kier molecular flexibility index (Phi) is 3.06. The third kappa shape index (κ3) is 2.13. The SMILES string of the molecule is C[C@@H](O)c1ccc(N2CCc3sccc3C2)nc1. The first kappa shape index (κ1) is 11.7. The molecule has 0 aliphatic carbocycles. The predicted molar refractivity (Wildman–Crippen MR) is 73.9 cm³/mol. The summed E-state index contributed by atoms with van der Waals surface area (Å²) in [6.07, 6.45) is 2.42. The molecule has 0 fully saturated rings. The van der Waals surface area contributed by atoms with Gasteiger partial charge in [-0.25, -0.2) is 4.98 Å². The molecular formula is C14H16N2OS. The van der Waals surface area contributed by atoms with E-state index in [0.29, 0.717) is 0 Å². The van der Waals surface area contributed by atoms with E-state index in [9.17, 15) is 5.11 Å². The smallest absolute Gasteiger partial charge is 0.128 e. The van der Waals surface area contributed by atoms with Gasteiger partial charge in [-0.2, -0.15) is 0 Å². The molecule has 0 saturated carbocycles. The first-order valence-corrected chi connectivity index (χ1v) is 7.06. The van der Waals surface area contributed by atoms with Crippen LogP contribution in [0, 0.1) is 0 Å². The molecule has 1 atom stereocenters. The van der Waals surface area contributed by atoms with Crippen LogP contribution in [-0.4, -0.2) is 16.6 Å². The number of rotatable bonds is 2. The number of pyridine rings is 1. The molecule has 0 amide bonds. The van der Waals surface area contributed by atoms with Crippen LogP contribution < -0.4 is 4.90 Å². The summed E-state index contributed by atoms with van der Waals surface area (Å²) in [5.74, 6) is 0.997. The topological polar surface area (TPSA) is 36.4 Å². The lowest BCUT2D eigenvalue weighted by Crippen LogP contribution is -2.30. The highest BCUT2D eigenvalue weighted by Gasteiger charge is 2.18. The molecule has 2 aromatic heterocycles. The number of anilines is 1. The van der Waals surface area contributed by atoms with Gasteiger partial charge in [0.1, 0.15) is 5.82 Å². The van der Waals surface area contributed by atoms with E-state index in [1.54, 1.807) is 13.1 Å². The van der Waals surface area contributed by atoms with E-state index in [1.807, 2.05) is 23.5 Å². The van der Waals surface area contributed by atoms with E-state index in [1.165, 1.54) is 10.4 Å². The minimum atomic E-state index is -0.448. The molecule has 2 aromatic rings. The molecule has 94 valence electrons. The second kappa shape index (κ2) is 4.71. The molecule has 3 heterocycles. The fourth-order valence-electron chi connectivity index (χ4n) is 2.28. The van der Waals surface area contributed by atoms with Gasteiger partial charge in [-0.3, -0.25) is 0 Å². The van der Waals surface area contributed by atoms with Crippen molar-refractivity contribution < 1.29 is 5.11 Å². The van der Waals surface area contributed by atoms with Gasteiger partial charge in [-0.15, -0.1) is 11.3 Å². The van der Waals surface area contributed by atoms with Crippen LogP contribution in [0.3, 0.4) is 0 Å². The molecule has 1 aliphatic rings. The maximum Gasteiger partial charge on any atom is 0.128 e.